The minimum Gasteiger partial charge on any atom is -0.508 e. The monoisotopic (exact) mass is 221 g/mol. The number of carbonyl (C=O) groups is 1. The molecule has 1 aliphatic carbocycles. The number of nitrogens with two attached hydrogens (primary N) is 1. The van der Waals surface area contributed by atoms with Crippen LogP contribution in [0.4, 0.5) is 0 Å². The van der Waals surface area contributed by atoms with E-state index in [1.54, 1.807) is 18.2 Å². The van der Waals surface area contributed by atoms with Crippen molar-refractivity contribution in [3.8, 4) is 5.75 Å². The molecule has 0 atom stereocenters. The van der Waals surface area contributed by atoms with E-state index in [1.807, 2.05) is 6.92 Å². The molecular weight excluding hydrogens is 206 g/mol. The molecule has 4 N–H and O–H groups in total. The number of phenolic OH excluding ortho intramolecular Hbond substituents is 1. The maximum Gasteiger partial charge on any atom is 0.314 e. The Balaban J connectivity index is 2.48. The zero-order chi connectivity index (χ0) is 11.9. The summed E-state index contributed by atoms with van der Waals surface area (Å²) in [5.41, 5.74) is 6.11. The summed E-state index contributed by atoms with van der Waals surface area (Å²) >= 11 is 0. The van der Waals surface area contributed by atoms with Gasteiger partial charge in [0.1, 0.15) is 5.75 Å². The summed E-state index contributed by atoms with van der Waals surface area (Å²) in [4.78, 5) is 11.3. The van der Waals surface area contributed by atoms with Gasteiger partial charge in [-0.2, -0.15) is 0 Å². The summed E-state index contributed by atoms with van der Waals surface area (Å²) in [5, 5.41) is 19.1. The fourth-order valence-corrected chi connectivity index (χ4v) is 2.38. The molecule has 4 heteroatoms. The summed E-state index contributed by atoms with van der Waals surface area (Å²) in [5.74, 6) is -0.866. The van der Waals surface area contributed by atoms with E-state index in [0.29, 0.717) is 18.4 Å². The quantitative estimate of drug-likeness (QED) is 0.699. The molecule has 0 bridgehead atoms. The van der Waals surface area contributed by atoms with Gasteiger partial charge in [0.2, 0.25) is 0 Å². The van der Waals surface area contributed by atoms with Crippen molar-refractivity contribution < 1.29 is 15.0 Å². The first kappa shape index (κ1) is 11.0. The number of aryl methyl sites for hydroxylation is 1. The van der Waals surface area contributed by atoms with E-state index in [-0.39, 0.29) is 11.8 Å². The zero-order valence-corrected chi connectivity index (χ0v) is 9.10. The molecular formula is C12H15NO3. The Morgan fingerprint density at radius 3 is 2.62 bits per heavy atom. The average molecular weight is 221 g/mol. The summed E-state index contributed by atoms with van der Waals surface area (Å²) in [6, 6.07) is 4.94. The van der Waals surface area contributed by atoms with E-state index >= 15 is 0 Å². The SMILES string of the molecule is Cc1ccc(O)c(C2(C(=O)O)CC(N)C2)c1. The van der Waals surface area contributed by atoms with Gasteiger partial charge >= 0.3 is 5.97 Å². The Kier molecular flexibility index (Phi) is 2.39. The molecule has 1 aromatic rings. The number of aromatic hydroxyl groups is 1. The molecule has 1 saturated carbocycles. The van der Waals surface area contributed by atoms with Gasteiger partial charge in [0.25, 0.3) is 0 Å². The molecule has 0 aliphatic heterocycles. The van der Waals surface area contributed by atoms with Crippen molar-refractivity contribution in [1.82, 2.24) is 0 Å². The predicted octanol–water partition coefficient (Wildman–Crippen LogP) is 1.14. The lowest BCUT2D eigenvalue weighted by Gasteiger charge is -2.43. The Hall–Kier alpha value is -1.55. The van der Waals surface area contributed by atoms with Crippen LogP contribution >= 0.6 is 0 Å². The van der Waals surface area contributed by atoms with Gasteiger partial charge in [-0.05, 0) is 25.8 Å². The van der Waals surface area contributed by atoms with Gasteiger partial charge in [-0.1, -0.05) is 17.7 Å². The Labute approximate surface area is 93.7 Å². The summed E-state index contributed by atoms with van der Waals surface area (Å²) < 4.78 is 0. The molecule has 16 heavy (non-hydrogen) atoms. The zero-order valence-electron chi connectivity index (χ0n) is 9.10. The smallest absolute Gasteiger partial charge is 0.314 e. The highest BCUT2D eigenvalue weighted by Crippen LogP contribution is 2.46. The number of benzene rings is 1. The van der Waals surface area contributed by atoms with Crippen LogP contribution < -0.4 is 5.73 Å². The molecule has 0 unspecified atom stereocenters. The van der Waals surface area contributed by atoms with Crippen LogP contribution in [0.3, 0.4) is 0 Å². The molecule has 0 heterocycles. The molecule has 0 saturated heterocycles. The molecule has 1 aromatic carbocycles. The number of carboxylic acids is 1. The number of hydrogen-bond acceptors (Lipinski definition) is 3. The highest BCUT2D eigenvalue weighted by molar-refractivity contribution is 5.84. The van der Waals surface area contributed by atoms with Gasteiger partial charge in [-0.15, -0.1) is 0 Å². The lowest BCUT2D eigenvalue weighted by atomic mass is 9.61. The normalized spacial score (nSPS) is 28.5. The molecule has 0 aromatic heterocycles. The predicted molar refractivity (Wildman–Crippen MR) is 59.4 cm³/mol. The van der Waals surface area contributed by atoms with Crippen molar-refractivity contribution in [2.75, 3.05) is 0 Å². The van der Waals surface area contributed by atoms with Gasteiger partial charge in [0, 0.05) is 11.6 Å². The van der Waals surface area contributed by atoms with Crippen LogP contribution in [0, 0.1) is 6.92 Å². The second kappa shape index (κ2) is 3.49. The first-order valence-electron chi connectivity index (χ1n) is 5.25. The minimum absolute atomic E-state index is 0.0416. The molecule has 0 spiro atoms. The molecule has 0 amide bonds. The maximum atomic E-state index is 11.3. The molecule has 86 valence electrons. The number of aliphatic carboxylic acids is 1. The van der Waals surface area contributed by atoms with E-state index in [9.17, 15) is 15.0 Å². The van der Waals surface area contributed by atoms with Gasteiger partial charge in [-0.3, -0.25) is 4.79 Å². The number of carboxylic acid groups (broad SMARTS) is 1. The highest BCUT2D eigenvalue weighted by Gasteiger charge is 2.51. The minimum atomic E-state index is -0.991. The number of rotatable bonds is 2. The number of phenols is 1. The topological polar surface area (TPSA) is 83.5 Å². The van der Waals surface area contributed by atoms with Crippen LogP contribution in [0.2, 0.25) is 0 Å². The van der Waals surface area contributed by atoms with Crippen molar-refractivity contribution in [2.45, 2.75) is 31.2 Å². The van der Waals surface area contributed by atoms with Crippen molar-refractivity contribution in [3.05, 3.63) is 29.3 Å². The van der Waals surface area contributed by atoms with E-state index in [0.717, 1.165) is 5.56 Å². The second-order valence-corrected chi connectivity index (χ2v) is 4.58. The van der Waals surface area contributed by atoms with Crippen LogP contribution in [0.25, 0.3) is 0 Å². The first-order chi connectivity index (χ1) is 7.45. The standard InChI is InChI=1S/C12H15NO3/c1-7-2-3-10(14)9(4-7)12(11(15)16)5-8(13)6-12/h2-4,8,14H,5-6,13H2,1H3,(H,15,16). The van der Waals surface area contributed by atoms with Crippen molar-refractivity contribution in [2.24, 2.45) is 5.73 Å². The van der Waals surface area contributed by atoms with E-state index < -0.39 is 11.4 Å². The van der Waals surface area contributed by atoms with Gasteiger partial charge in [0.15, 0.2) is 0 Å². The van der Waals surface area contributed by atoms with Crippen LogP contribution in [0.1, 0.15) is 24.0 Å². The van der Waals surface area contributed by atoms with Crippen LogP contribution in [0.15, 0.2) is 18.2 Å². The first-order valence-corrected chi connectivity index (χ1v) is 5.25. The fourth-order valence-electron chi connectivity index (χ4n) is 2.38. The van der Waals surface area contributed by atoms with Crippen LogP contribution in [-0.4, -0.2) is 22.2 Å². The highest BCUT2D eigenvalue weighted by atomic mass is 16.4. The number of hydrogen-bond donors (Lipinski definition) is 3. The lowest BCUT2D eigenvalue weighted by Crippen LogP contribution is -2.54. The maximum absolute atomic E-state index is 11.3. The van der Waals surface area contributed by atoms with Crippen molar-refractivity contribution in [3.63, 3.8) is 0 Å². The van der Waals surface area contributed by atoms with E-state index in [2.05, 4.69) is 0 Å². The van der Waals surface area contributed by atoms with Crippen molar-refractivity contribution in [1.29, 1.82) is 0 Å². The van der Waals surface area contributed by atoms with Crippen molar-refractivity contribution >= 4 is 5.97 Å². The third-order valence-electron chi connectivity index (χ3n) is 3.30. The van der Waals surface area contributed by atoms with Crippen LogP contribution in [-0.2, 0) is 10.2 Å². The van der Waals surface area contributed by atoms with E-state index in [1.165, 1.54) is 0 Å². The summed E-state index contributed by atoms with van der Waals surface area (Å²) in [7, 11) is 0. The summed E-state index contributed by atoms with van der Waals surface area (Å²) in [6.07, 6.45) is 0.776. The largest absolute Gasteiger partial charge is 0.508 e. The third kappa shape index (κ3) is 1.46. The Morgan fingerprint density at radius 2 is 2.12 bits per heavy atom. The van der Waals surface area contributed by atoms with Gasteiger partial charge < -0.3 is 15.9 Å². The molecule has 1 aliphatic rings. The molecule has 2 rings (SSSR count). The Bertz CT molecular complexity index is 436. The third-order valence-corrected chi connectivity index (χ3v) is 3.30. The van der Waals surface area contributed by atoms with E-state index in [4.69, 9.17) is 5.73 Å². The Morgan fingerprint density at radius 1 is 1.50 bits per heavy atom. The van der Waals surface area contributed by atoms with Gasteiger partial charge in [0.05, 0.1) is 5.41 Å². The molecule has 1 fully saturated rings. The average Bonchev–Trinajstić information content (AvgIpc) is 2.16. The molecule has 0 radical (unpaired) electrons. The summed E-state index contributed by atoms with van der Waals surface area (Å²) in [6.45, 7) is 1.87. The second-order valence-electron chi connectivity index (χ2n) is 4.58. The van der Waals surface area contributed by atoms with Gasteiger partial charge in [-0.25, -0.2) is 0 Å². The van der Waals surface area contributed by atoms with Crippen LogP contribution in [0.5, 0.6) is 5.75 Å². The lowest BCUT2D eigenvalue weighted by molar-refractivity contribution is -0.148. The molecule has 4 nitrogen and oxygen atoms in total. The fraction of sp³-hybridized carbons (Fsp3) is 0.417.